The summed E-state index contributed by atoms with van der Waals surface area (Å²) in [5.74, 6) is 0.783. The van der Waals surface area contributed by atoms with Crippen LogP contribution in [0.3, 0.4) is 0 Å². The standard InChI is InChI=1S/C12H23NO/c1-8(2)7-11(9(3)4)12(14)13-10(5)6/h7-10H,1-6H3,(H,13,14)/b11-7+. The Morgan fingerprint density at radius 3 is 1.86 bits per heavy atom. The lowest BCUT2D eigenvalue weighted by Gasteiger charge is -2.15. The highest BCUT2D eigenvalue weighted by Crippen LogP contribution is 2.13. The minimum Gasteiger partial charge on any atom is -0.350 e. The van der Waals surface area contributed by atoms with Crippen LogP contribution in [0.15, 0.2) is 11.6 Å². The van der Waals surface area contributed by atoms with Crippen LogP contribution in [-0.2, 0) is 4.79 Å². The van der Waals surface area contributed by atoms with Gasteiger partial charge in [0, 0.05) is 11.6 Å². The highest BCUT2D eigenvalue weighted by Gasteiger charge is 2.14. The van der Waals surface area contributed by atoms with Gasteiger partial charge in [0.25, 0.3) is 0 Å². The fourth-order valence-electron chi connectivity index (χ4n) is 1.23. The fourth-order valence-corrected chi connectivity index (χ4v) is 1.23. The molecular weight excluding hydrogens is 174 g/mol. The first-order chi connectivity index (χ1) is 6.34. The molecule has 0 aliphatic heterocycles. The zero-order valence-corrected chi connectivity index (χ0v) is 10.2. The lowest BCUT2D eigenvalue weighted by molar-refractivity contribution is -0.118. The van der Waals surface area contributed by atoms with Crippen molar-refractivity contribution in [1.29, 1.82) is 0 Å². The van der Waals surface area contributed by atoms with Gasteiger partial charge in [0.2, 0.25) is 5.91 Å². The second kappa shape index (κ2) is 5.84. The molecule has 0 saturated carbocycles. The first kappa shape index (κ1) is 13.2. The van der Waals surface area contributed by atoms with Gasteiger partial charge in [-0.25, -0.2) is 0 Å². The summed E-state index contributed by atoms with van der Waals surface area (Å²) in [5.41, 5.74) is 0.897. The molecule has 0 atom stereocenters. The van der Waals surface area contributed by atoms with Gasteiger partial charge < -0.3 is 5.32 Å². The van der Waals surface area contributed by atoms with Crippen LogP contribution in [0, 0.1) is 11.8 Å². The van der Waals surface area contributed by atoms with E-state index in [1.165, 1.54) is 0 Å². The summed E-state index contributed by atoms with van der Waals surface area (Å²) in [7, 11) is 0. The summed E-state index contributed by atoms with van der Waals surface area (Å²) in [5, 5.41) is 2.92. The van der Waals surface area contributed by atoms with Gasteiger partial charge >= 0.3 is 0 Å². The van der Waals surface area contributed by atoms with E-state index in [4.69, 9.17) is 0 Å². The highest BCUT2D eigenvalue weighted by molar-refractivity contribution is 5.93. The Morgan fingerprint density at radius 1 is 1.07 bits per heavy atom. The monoisotopic (exact) mass is 197 g/mol. The van der Waals surface area contributed by atoms with Crippen molar-refractivity contribution in [2.75, 3.05) is 0 Å². The van der Waals surface area contributed by atoms with Gasteiger partial charge in [0.1, 0.15) is 0 Å². The van der Waals surface area contributed by atoms with Gasteiger partial charge in [-0.1, -0.05) is 33.8 Å². The van der Waals surface area contributed by atoms with E-state index in [-0.39, 0.29) is 17.9 Å². The maximum Gasteiger partial charge on any atom is 0.247 e. The Bertz CT molecular complexity index is 214. The average Bonchev–Trinajstić information content (AvgIpc) is 1.97. The highest BCUT2D eigenvalue weighted by atomic mass is 16.1. The number of hydrogen-bond donors (Lipinski definition) is 1. The molecule has 0 aromatic rings. The Kier molecular flexibility index (Phi) is 5.51. The smallest absolute Gasteiger partial charge is 0.247 e. The molecule has 0 spiro atoms. The zero-order valence-electron chi connectivity index (χ0n) is 10.2. The van der Waals surface area contributed by atoms with Crippen LogP contribution in [0.2, 0.25) is 0 Å². The maximum absolute atomic E-state index is 11.8. The molecule has 0 rings (SSSR count). The van der Waals surface area contributed by atoms with Crippen molar-refractivity contribution < 1.29 is 4.79 Å². The Morgan fingerprint density at radius 2 is 1.57 bits per heavy atom. The van der Waals surface area contributed by atoms with Crippen molar-refractivity contribution in [3.05, 3.63) is 11.6 Å². The third-order valence-corrected chi connectivity index (χ3v) is 1.82. The first-order valence-corrected chi connectivity index (χ1v) is 5.37. The molecule has 0 aliphatic rings. The van der Waals surface area contributed by atoms with Gasteiger partial charge in [-0.3, -0.25) is 4.79 Å². The van der Waals surface area contributed by atoms with Crippen LogP contribution in [0.25, 0.3) is 0 Å². The second-order valence-electron chi connectivity index (χ2n) is 4.65. The molecule has 2 heteroatoms. The predicted molar refractivity (Wildman–Crippen MR) is 61.0 cm³/mol. The summed E-state index contributed by atoms with van der Waals surface area (Å²) in [6.45, 7) is 12.2. The summed E-state index contributed by atoms with van der Waals surface area (Å²) in [6, 6.07) is 0.205. The molecule has 14 heavy (non-hydrogen) atoms. The Hall–Kier alpha value is -0.790. The van der Waals surface area contributed by atoms with E-state index in [1.807, 2.05) is 33.8 Å². The minimum atomic E-state index is 0.0729. The number of carbonyl (C=O) groups excluding carboxylic acids is 1. The molecule has 0 aliphatic carbocycles. The van der Waals surface area contributed by atoms with Crippen molar-refractivity contribution in [1.82, 2.24) is 5.32 Å². The van der Waals surface area contributed by atoms with Gasteiger partial charge in [-0.15, -0.1) is 0 Å². The van der Waals surface area contributed by atoms with Crippen molar-refractivity contribution in [2.24, 2.45) is 11.8 Å². The van der Waals surface area contributed by atoms with Crippen LogP contribution >= 0.6 is 0 Å². The quantitative estimate of drug-likeness (QED) is 0.690. The molecule has 0 aromatic heterocycles. The normalized spacial score (nSPS) is 12.8. The van der Waals surface area contributed by atoms with E-state index in [9.17, 15) is 4.79 Å². The summed E-state index contributed by atoms with van der Waals surface area (Å²) in [6.07, 6.45) is 2.04. The second-order valence-corrected chi connectivity index (χ2v) is 4.65. The number of allylic oxidation sites excluding steroid dienone is 1. The van der Waals surface area contributed by atoms with Gasteiger partial charge in [0.05, 0.1) is 0 Å². The summed E-state index contributed by atoms with van der Waals surface area (Å²) in [4.78, 5) is 11.8. The third-order valence-electron chi connectivity index (χ3n) is 1.82. The van der Waals surface area contributed by atoms with Crippen LogP contribution in [0.1, 0.15) is 41.5 Å². The van der Waals surface area contributed by atoms with E-state index in [0.29, 0.717) is 5.92 Å². The molecule has 1 amide bonds. The average molecular weight is 197 g/mol. The number of carbonyl (C=O) groups is 1. The van der Waals surface area contributed by atoms with Crippen LogP contribution < -0.4 is 5.32 Å². The van der Waals surface area contributed by atoms with Crippen LogP contribution in [0.4, 0.5) is 0 Å². The van der Waals surface area contributed by atoms with E-state index < -0.39 is 0 Å². The van der Waals surface area contributed by atoms with E-state index in [0.717, 1.165) is 5.57 Å². The van der Waals surface area contributed by atoms with Crippen molar-refractivity contribution in [3.8, 4) is 0 Å². The van der Waals surface area contributed by atoms with Gasteiger partial charge in [-0.2, -0.15) is 0 Å². The van der Waals surface area contributed by atoms with Crippen molar-refractivity contribution in [3.63, 3.8) is 0 Å². The van der Waals surface area contributed by atoms with Crippen LogP contribution in [0.5, 0.6) is 0 Å². The minimum absolute atomic E-state index is 0.0729. The number of nitrogens with one attached hydrogen (secondary N) is 1. The lowest BCUT2D eigenvalue weighted by Crippen LogP contribution is -2.32. The summed E-state index contributed by atoms with van der Waals surface area (Å²) < 4.78 is 0. The molecule has 0 heterocycles. The predicted octanol–water partition coefficient (Wildman–Crippen LogP) is 2.75. The van der Waals surface area contributed by atoms with Crippen molar-refractivity contribution in [2.45, 2.75) is 47.6 Å². The van der Waals surface area contributed by atoms with E-state index in [1.54, 1.807) is 0 Å². The first-order valence-electron chi connectivity index (χ1n) is 5.37. The topological polar surface area (TPSA) is 29.1 Å². The van der Waals surface area contributed by atoms with Gasteiger partial charge in [-0.05, 0) is 25.7 Å². The molecular formula is C12H23NO. The van der Waals surface area contributed by atoms with E-state index in [2.05, 4.69) is 19.2 Å². The number of amides is 1. The van der Waals surface area contributed by atoms with Gasteiger partial charge in [0.15, 0.2) is 0 Å². The maximum atomic E-state index is 11.8. The fraction of sp³-hybridized carbons (Fsp3) is 0.750. The summed E-state index contributed by atoms with van der Waals surface area (Å²) >= 11 is 0. The Labute approximate surface area is 87.8 Å². The SMILES string of the molecule is CC(C)/C=C(/C(=O)NC(C)C)C(C)C. The Balaban J connectivity index is 4.59. The van der Waals surface area contributed by atoms with Crippen LogP contribution in [-0.4, -0.2) is 11.9 Å². The largest absolute Gasteiger partial charge is 0.350 e. The van der Waals surface area contributed by atoms with E-state index >= 15 is 0 Å². The third kappa shape index (κ3) is 5.05. The molecule has 0 bridgehead atoms. The van der Waals surface area contributed by atoms with Crippen molar-refractivity contribution >= 4 is 5.91 Å². The zero-order chi connectivity index (χ0) is 11.3. The number of hydrogen-bond acceptors (Lipinski definition) is 1. The number of rotatable bonds is 4. The molecule has 0 unspecified atom stereocenters. The molecule has 0 fully saturated rings. The molecule has 0 saturated heterocycles. The molecule has 0 radical (unpaired) electrons. The molecule has 1 N–H and O–H groups in total. The molecule has 82 valence electrons. The molecule has 0 aromatic carbocycles. The lowest BCUT2D eigenvalue weighted by atomic mass is 9.98. The molecule has 2 nitrogen and oxygen atoms in total.